The molecule has 0 unspecified atom stereocenters. The second kappa shape index (κ2) is 2.87. The Balaban J connectivity index is 3.22. The largest absolute Gasteiger partial charge is 0.481 e. The Hall–Kier alpha value is -1.32. The van der Waals surface area contributed by atoms with E-state index in [9.17, 15) is 4.79 Å². The summed E-state index contributed by atoms with van der Waals surface area (Å²) in [4.78, 5) is 15.0. The van der Waals surface area contributed by atoms with E-state index >= 15 is 0 Å². The van der Waals surface area contributed by atoms with E-state index in [1.54, 1.807) is 24.6 Å². The molecule has 4 heteroatoms. The standard InChI is InChI=1S/C9H14N2O2/c1-6-10-5-7(11(6)4)9(2,3)8(12)13/h5H,1-4H3,(H,12,13). The number of aryl methyl sites for hydroxylation is 1. The van der Waals surface area contributed by atoms with Gasteiger partial charge in [0.05, 0.1) is 5.69 Å². The van der Waals surface area contributed by atoms with Crippen molar-refractivity contribution in [1.82, 2.24) is 9.55 Å². The summed E-state index contributed by atoms with van der Waals surface area (Å²) in [7, 11) is 1.82. The van der Waals surface area contributed by atoms with Crippen LogP contribution < -0.4 is 0 Å². The van der Waals surface area contributed by atoms with E-state index in [0.29, 0.717) is 0 Å². The maximum atomic E-state index is 10.9. The molecule has 0 saturated heterocycles. The number of nitrogens with zero attached hydrogens (tertiary/aromatic N) is 2. The van der Waals surface area contributed by atoms with Crippen molar-refractivity contribution < 1.29 is 9.90 Å². The van der Waals surface area contributed by atoms with Crippen molar-refractivity contribution in [3.63, 3.8) is 0 Å². The Morgan fingerprint density at radius 2 is 2.15 bits per heavy atom. The minimum Gasteiger partial charge on any atom is -0.481 e. The number of hydrogen-bond donors (Lipinski definition) is 1. The lowest BCUT2D eigenvalue weighted by Gasteiger charge is -2.19. The molecular weight excluding hydrogens is 168 g/mol. The highest BCUT2D eigenvalue weighted by atomic mass is 16.4. The molecule has 13 heavy (non-hydrogen) atoms. The molecule has 72 valence electrons. The van der Waals surface area contributed by atoms with Crippen LogP contribution in [0.3, 0.4) is 0 Å². The van der Waals surface area contributed by atoms with E-state index in [4.69, 9.17) is 5.11 Å². The van der Waals surface area contributed by atoms with E-state index in [1.165, 1.54) is 0 Å². The monoisotopic (exact) mass is 182 g/mol. The first kappa shape index (κ1) is 9.77. The lowest BCUT2D eigenvalue weighted by atomic mass is 9.90. The van der Waals surface area contributed by atoms with Crippen LogP contribution in [0.2, 0.25) is 0 Å². The number of hydrogen-bond acceptors (Lipinski definition) is 2. The molecule has 1 rings (SSSR count). The fourth-order valence-corrected chi connectivity index (χ4v) is 1.19. The minimum absolute atomic E-state index is 0.720. The molecule has 0 atom stereocenters. The first-order valence-corrected chi connectivity index (χ1v) is 4.09. The zero-order valence-electron chi connectivity index (χ0n) is 8.33. The number of rotatable bonds is 2. The summed E-state index contributed by atoms with van der Waals surface area (Å²) in [6.45, 7) is 5.19. The topological polar surface area (TPSA) is 55.1 Å². The number of carbonyl (C=O) groups is 1. The highest BCUT2D eigenvalue weighted by Gasteiger charge is 2.32. The van der Waals surface area contributed by atoms with E-state index < -0.39 is 11.4 Å². The van der Waals surface area contributed by atoms with Crippen LogP contribution in [0, 0.1) is 6.92 Å². The zero-order chi connectivity index (χ0) is 10.2. The fourth-order valence-electron chi connectivity index (χ4n) is 1.19. The molecule has 0 bridgehead atoms. The van der Waals surface area contributed by atoms with Crippen LogP contribution in [0.5, 0.6) is 0 Å². The molecule has 0 aliphatic heterocycles. The van der Waals surface area contributed by atoms with Crippen LogP contribution in [-0.2, 0) is 17.3 Å². The van der Waals surface area contributed by atoms with Crippen molar-refractivity contribution in [3.8, 4) is 0 Å². The summed E-state index contributed by atoms with van der Waals surface area (Å²) in [5, 5.41) is 8.99. The molecule has 0 aliphatic carbocycles. The Labute approximate surface area is 77.2 Å². The summed E-state index contributed by atoms with van der Waals surface area (Å²) in [5.41, 5.74) is -0.159. The van der Waals surface area contributed by atoms with Gasteiger partial charge in [0.15, 0.2) is 0 Å². The zero-order valence-corrected chi connectivity index (χ0v) is 8.33. The van der Waals surface area contributed by atoms with Crippen molar-refractivity contribution in [2.24, 2.45) is 7.05 Å². The molecule has 1 aromatic rings. The van der Waals surface area contributed by atoms with E-state index in [-0.39, 0.29) is 0 Å². The van der Waals surface area contributed by atoms with Gasteiger partial charge in [-0.25, -0.2) is 4.98 Å². The van der Waals surface area contributed by atoms with Crippen molar-refractivity contribution in [3.05, 3.63) is 17.7 Å². The second-order valence-electron chi connectivity index (χ2n) is 3.68. The SMILES string of the molecule is Cc1ncc(C(C)(C)C(=O)O)n1C. The third-order valence-electron chi connectivity index (χ3n) is 2.40. The van der Waals surface area contributed by atoms with Gasteiger partial charge in [0.2, 0.25) is 0 Å². The van der Waals surface area contributed by atoms with Gasteiger partial charge in [-0.2, -0.15) is 0 Å². The number of imidazole rings is 1. The Bertz CT molecular complexity index is 339. The summed E-state index contributed by atoms with van der Waals surface area (Å²) in [5.74, 6) is -0.0141. The molecule has 1 N–H and O–H groups in total. The van der Waals surface area contributed by atoms with Crippen molar-refractivity contribution in [1.29, 1.82) is 0 Å². The maximum absolute atomic E-state index is 10.9. The van der Waals surface area contributed by atoms with Crippen LogP contribution in [0.4, 0.5) is 0 Å². The van der Waals surface area contributed by atoms with Crippen LogP contribution >= 0.6 is 0 Å². The van der Waals surface area contributed by atoms with Crippen LogP contribution in [0.1, 0.15) is 25.4 Å². The quantitative estimate of drug-likeness (QED) is 0.744. The third kappa shape index (κ3) is 1.43. The highest BCUT2D eigenvalue weighted by molar-refractivity contribution is 5.79. The molecule has 0 radical (unpaired) electrons. The summed E-state index contributed by atoms with van der Waals surface area (Å²) in [6.07, 6.45) is 1.61. The van der Waals surface area contributed by atoms with Crippen LogP contribution in [0.15, 0.2) is 6.20 Å². The van der Waals surface area contributed by atoms with Gasteiger partial charge in [-0.3, -0.25) is 4.79 Å². The Kier molecular flexibility index (Phi) is 2.15. The molecular formula is C9H14N2O2. The summed E-state index contributed by atoms with van der Waals surface area (Å²) < 4.78 is 1.80. The average molecular weight is 182 g/mol. The lowest BCUT2D eigenvalue weighted by molar-refractivity contribution is -0.142. The van der Waals surface area contributed by atoms with Gasteiger partial charge in [0.1, 0.15) is 11.2 Å². The molecule has 4 nitrogen and oxygen atoms in total. The normalized spacial score (nSPS) is 11.7. The first-order valence-electron chi connectivity index (χ1n) is 4.09. The molecule has 0 aliphatic rings. The molecule has 0 amide bonds. The van der Waals surface area contributed by atoms with Gasteiger partial charge >= 0.3 is 5.97 Å². The summed E-state index contributed by atoms with van der Waals surface area (Å²) >= 11 is 0. The molecule has 1 heterocycles. The molecule has 1 aromatic heterocycles. The van der Waals surface area contributed by atoms with Gasteiger partial charge in [-0.15, -0.1) is 0 Å². The molecule has 0 fully saturated rings. The Morgan fingerprint density at radius 1 is 1.62 bits per heavy atom. The smallest absolute Gasteiger partial charge is 0.315 e. The lowest BCUT2D eigenvalue weighted by Crippen LogP contribution is -2.30. The van der Waals surface area contributed by atoms with E-state index in [2.05, 4.69) is 4.98 Å². The highest BCUT2D eigenvalue weighted by Crippen LogP contribution is 2.23. The molecule has 0 saturated carbocycles. The van der Waals surface area contributed by atoms with E-state index in [0.717, 1.165) is 11.5 Å². The Morgan fingerprint density at radius 3 is 2.46 bits per heavy atom. The van der Waals surface area contributed by atoms with Gasteiger partial charge in [0, 0.05) is 13.2 Å². The summed E-state index contributed by atoms with van der Waals surface area (Å²) in [6, 6.07) is 0. The average Bonchev–Trinajstić information content (AvgIpc) is 2.33. The second-order valence-corrected chi connectivity index (χ2v) is 3.68. The third-order valence-corrected chi connectivity index (χ3v) is 2.40. The van der Waals surface area contributed by atoms with Gasteiger partial charge in [0.25, 0.3) is 0 Å². The van der Waals surface area contributed by atoms with Crippen molar-refractivity contribution >= 4 is 5.97 Å². The number of carboxylic acid groups (broad SMARTS) is 1. The van der Waals surface area contributed by atoms with Gasteiger partial charge in [-0.1, -0.05) is 0 Å². The van der Waals surface area contributed by atoms with Gasteiger partial charge in [-0.05, 0) is 20.8 Å². The molecule has 0 spiro atoms. The number of carboxylic acids is 1. The van der Waals surface area contributed by atoms with Crippen molar-refractivity contribution in [2.45, 2.75) is 26.2 Å². The van der Waals surface area contributed by atoms with Crippen LogP contribution in [-0.4, -0.2) is 20.6 Å². The number of aromatic nitrogens is 2. The minimum atomic E-state index is -0.879. The fraction of sp³-hybridized carbons (Fsp3) is 0.556. The van der Waals surface area contributed by atoms with Gasteiger partial charge < -0.3 is 9.67 Å². The predicted octanol–water partition coefficient (Wildman–Crippen LogP) is 1.09. The first-order chi connectivity index (χ1) is 5.87. The predicted molar refractivity (Wildman–Crippen MR) is 48.6 cm³/mol. The molecule has 0 aromatic carbocycles. The number of aliphatic carboxylic acids is 1. The van der Waals surface area contributed by atoms with Crippen molar-refractivity contribution in [2.75, 3.05) is 0 Å². The van der Waals surface area contributed by atoms with Crippen LogP contribution in [0.25, 0.3) is 0 Å². The van der Waals surface area contributed by atoms with E-state index in [1.807, 2.05) is 14.0 Å². The maximum Gasteiger partial charge on any atom is 0.315 e.